The van der Waals surface area contributed by atoms with Gasteiger partial charge in [-0.25, -0.2) is 9.66 Å². The maximum Gasteiger partial charge on any atom is 0.220 e. The number of rotatable bonds is 5. The van der Waals surface area contributed by atoms with Crippen LogP contribution in [-0.2, 0) is 6.54 Å². The SMILES string of the molecule is Nc1nc2c(N=Cc3ccccc3)cccc2n1NCc1ccccc1. The van der Waals surface area contributed by atoms with Gasteiger partial charge in [0.1, 0.15) is 5.52 Å². The Bertz CT molecular complexity index is 1040. The lowest BCUT2D eigenvalue weighted by Crippen LogP contribution is -2.16. The van der Waals surface area contributed by atoms with Gasteiger partial charge in [-0.15, -0.1) is 0 Å². The molecule has 0 saturated carbocycles. The van der Waals surface area contributed by atoms with Crippen LogP contribution in [0.15, 0.2) is 83.9 Å². The average molecular weight is 341 g/mol. The van der Waals surface area contributed by atoms with E-state index in [1.165, 1.54) is 5.56 Å². The van der Waals surface area contributed by atoms with Crippen molar-refractivity contribution in [2.75, 3.05) is 11.2 Å². The number of hydrogen-bond donors (Lipinski definition) is 2. The highest BCUT2D eigenvalue weighted by Crippen LogP contribution is 2.26. The van der Waals surface area contributed by atoms with E-state index in [9.17, 15) is 0 Å². The van der Waals surface area contributed by atoms with Gasteiger partial charge in [0, 0.05) is 6.21 Å². The standard InChI is InChI=1S/C21H19N5/c22-21-25-20-18(23-14-16-8-3-1-4-9-16)12-7-13-19(20)26(21)24-15-17-10-5-2-6-11-17/h1-14,24H,15H2,(H2,22,25). The van der Waals surface area contributed by atoms with Gasteiger partial charge in [-0.2, -0.15) is 0 Å². The Morgan fingerprint density at radius 2 is 1.65 bits per heavy atom. The van der Waals surface area contributed by atoms with Crippen LogP contribution in [-0.4, -0.2) is 15.9 Å². The Hall–Kier alpha value is -3.60. The fourth-order valence-corrected chi connectivity index (χ4v) is 2.82. The largest absolute Gasteiger partial charge is 0.368 e. The fraction of sp³-hybridized carbons (Fsp3) is 0.0476. The molecule has 0 spiro atoms. The highest BCUT2D eigenvalue weighted by molar-refractivity contribution is 5.92. The van der Waals surface area contributed by atoms with Gasteiger partial charge in [-0.3, -0.25) is 4.99 Å². The van der Waals surface area contributed by atoms with Gasteiger partial charge in [0.15, 0.2) is 0 Å². The zero-order chi connectivity index (χ0) is 17.8. The molecule has 0 bridgehead atoms. The van der Waals surface area contributed by atoms with Crippen LogP contribution < -0.4 is 11.2 Å². The molecule has 0 saturated heterocycles. The first-order valence-electron chi connectivity index (χ1n) is 8.45. The molecule has 0 fully saturated rings. The van der Waals surface area contributed by atoms with Crippen LogP contribution in [0.4, 0.5) is 11.6 Å². The zero-order valence-electron chi connectivity index (χ0n) is 14.2. The summed E-state index contributed by atoms with van der Waals surface area (Å²) in [6.07, 6.45) is 1.83. The minimum absolute atomic E-state index is 0.415. The van der Waals surface area contributed by atoms with E-state index in [1.807, 2.05) is 77.6 Å². The molecule has 0 atom stereocenters. The van der Waals surface area contributed by atoms with Gasteiger partial charge in [-0.05, 0) is 23.3 Å². The van der Waals surface area contributed by atoms with Crippen molar-refractivity contribution in [3.63, 3.8) is 0 Å². The van der Waals surface area contributed by atoms with Crippen LogP contribution in [0.2, 0.25) is 0 Å². The molecule has 26 heavy (non-hydrogen) atoms. The highest BCUT2D eigenvalue weighted by atomic mass is 15.5. The summed E-state index contributed by atoms with van der Waals surface area (Å²) >= 11 is 0. The minimum Gasteiger partial charge on any atom is -0.368 e. The van der Waals surface area contributed by atoms with E-state index in [1.54, 1.807) is 0 Å². The van der Waals surface area contributed by atoms with Gasteiger partial charge in [-0.1, -0.05) is 66.7 Å². The molecular formula is C21H19N5. The molecule has 4 rings (SSSR count). The maximum atomic E-state index is 6.13. The first kappa shape index (κ1) is 15.9. The molecule has 0 aliphatic heterocycles. The molecule has 1 aromatic heterocycles. The first-order chi connectivity index (χ1) is 12.8. The maximum absolute atomic E-state index is 6.13. The van der Waals surface area contributed by atoms with Crippen molar-refractivity contribution in [3.05, 3.63) is 90.0 Å². The molecule has 5 heteroatoms. The van der Waals surface area contributed by atoms with Crippen LogP contribution in [0.1, 0.15) is 11.1 Å². The van der Waals surface area contributed by atoms with Crippen molar-refractivity contribution < 1.29 is 0 Å². The fourth-order valence-electron chi connectivity index (χ4n) is 2.82. The summed E-state index contributed by atoms with van der Waals surface area (Å²) in [6.45, 7) is 0.661. The number of aromatic nitrogens is 2. The average Bonchev–Trinajstić information content (AvgIpc) is 3.02. The normalized spacial score (nSPS) is 11.2. The second kappa shape index (κ2) is 7.11. The number of anilines is 1. The van der Waals surface area contributed by atoms with Crippen molar-refractivity contribution in [1.82, 2.24) is 9.66 Å². The number of aliphatic imine (C=N–C) groups is 1. The van der Waals surface area contributed by atoms with Gasteiger partial charge in [0.2, 0.25) is 5.95 Å². The lowest BCUT2D eigenvalue weighted by molar-refractivity contribution is 0.874. The number of para-hydroxylation sites is 1. The third kappa shape index (κ3) is 3.28. The Morgan fingerprint density at radius 1 is 0.923 bits per heavy atom. The molecule has 128 valence electrons. The molecule has 5 nitrogen and oxygen atoms in total. The molecule has 0 aliphatic carbocycles. The third-order valence-corrected chi connectivity index (χ3v) is 4.13. The number of hydrogen-bond acceptors (Lipinski definition) is 4. The summed E-state index contributed by atoms with van der Waals surface area (Å²) in [4.78, 5) is 9.10. The van der Waals surface area contributed by atoms with Crippen molar-refractivity contribution in [2.24, 2.45) is 4.99 Å². The Labute approximate surface area is 151 Å². The lowest BCUT2D eigenvalue weighted by atomic mass is 10.2. The van der Waals surface area contributed by atoms with E-state index in [2.05, 4.69) is 27.5 Å². The number of nitrogens with two attached hydrogens (primary N) is 1. The van der Waals surface area contributed by atoms with Crippen LogP contribution in [0, 0.1) is 0 Å². The van der Waals surface area contributed by atoms with E-state index in [-0.39, 0.29) is 0 Å². The zero-order valence-corrected chi connectivity index (χ0v) is 14.2. The van der Waals surface area contributed by atoms with E-state index < -0.39 is 0 Å². The number of nitrogen functional groups attached to an aromatic ring is 1. The van der Waals surface area contributed by atoms with Gasteiger partial charge >= 0.3 is 0 Å². The van der Waals surface area contributed by atoms with E-state index in [0.29, 0.717) is 12.5 Å². The number of imidazole rings is 1. The summed E-state index contributed by atoms with van der Waals surface area (Å²) in [5, 5.41) is 0. The number of benzene rings is 3. The quantitative estimate of drug-likeness (QED) is 0.537. The summed E-state index contributed by atoms with van der Waals surface area (Å²) in [5.74, 6) is 0.415. The number of nitrogens with zero attached hydrogens (tertiary/aromatic N) is 3. The van der Waals surface area contributed by atoms with Crippen LogP contribution in [0.3, 0.4) is 0 Å². The second-order valence-electron chi connectivity index (χ2n) is 5.94. The molecule has 4 aromatic rings. The molecule has 3 N–H and O–H groups in total. The number of fused-ring (bicyclic) bond motifs is 1. The van der Waals surface area contributed by atoms with Crippen molar-refractivity contribution >= 4 is 28.9 Å². The predicted octanol–water partition coefficient (Wildman–Crippen LogP) is 4.11. The topological polar surface area (TPSA) is 68.2 Å². The second-order valence-corrected chi connectivity index (χ2v) is 5.94. The molecule has 0 radical (unpaired) electrons. The van der Waals surface area contributed by atoms with E-state index in [0.717, 1.165) is 22.3 Å². The monoisotopic (exact) mass is 341 g/mol. The van der Waals surface area contributed by atoms with Crippen molar-refractivity contribution in [2.45, 2.75) is 6.54 Å². The van der Waals surface area contributed by atoms with Crippen LogP contribution in [0.5, 0.6) is 0 Å². The minimum atomic E-state index is 0.415. The number of nitrogens with one attached hydrogen (secondary N) is 1. The summed E-state index contributed by atoms with van der Waals surface area (Å²) < 4.78 is 1.81. The Kier molecular flexibility index (Phi) is 4.35. The van der Waals surface area contributed by atoms with E-state index >= 15 is 0 Å². The van der Waals surface area contributed by atoms with Gasteiger partial charge in [0.05, 0.1) is 17.7 Å². The third-order valence-electron chi connectivity index (χ3n) is 4.13. The van der Waals surface area contributed by atoms with Gasteiger partial charge < -0.3 is 11.2 Å². The summed E-state index contributed by atoms with van der Waals surface area (Å²) in [7, 11) is 0. The molecule has 0 aliphatic rings. The molecule has 0 unspecified atom stereocenters. The van der Waals surface area contributed by atoms with Crippen molar-refractivity contribution in [3.8, 4) is 0 Å². The summed E-state index contributed by atoms with van der Waals surface area (Å²) in [5.41, 5.74) is 14.1. The molecule has 1 heterocycles. The molecule has 3 aromatic carbocycles. The smallest absolute Gasteiger partial charge is 0.220 e. The highest BCUT2D eigenvalue weighted by Gasteiger charge is 2.11. The van der Waals surface area contributed by atoms with Gasteiger partial charge in [0.25, 0.3) is 0 Å². The summed E-state index contributed by atoms with van der Waals surface area (Å²) in [6, 6.07) is 26.0. The predicted molar refractivity (Wildman–Crippen MR) is 107 cm³/mol. The lowest BCUT2D eigenvalue weighted by Gasteiger charge is -2.10. The molecule has 0 amide bonds. The first-order valence-corrected chi connectivity index (χ1v) is 8.45. The van der Waals surface area contributed by atoms with Crippen molar-refractivity contribution in [1.29, 1.82) is 0 Å². The molecular weight excluding hydrogens is 322 g/mol. The van der Waals surface area contributed by atoms with Crippen LogP contribution >= 0.6 is 0 Å². The van der Waals surface area contributed by atoms with Crippen LogP contribution in [0.25, 0.3) is 11.0 Å². The van der Waals surface area contributed by atoms with E-state index in [4.69, 9.17) is 5.73 Å². The Balaban J connectivity index is 1.64. The Morgan fingerprint density at radius 3 is 2.42 bits per heavy atom.